The Morgan fingerprint density at radius 1 is 1.33 bits per heavy atom. The number of hydrogen-bond donors (Lipinski definition) is 1. The molecule has 100 valence electrons. The van der Waals surface area contributed by atoms with Crippen molar-refractivity contribution in [1.82, 2.24) is 5.32 Å². The SMILES string of the molecule is CCOC(=O)C(CC)Oc1ccccc1CNC. The quantitative estimate of drug-likeness (QED) is 0.754. The zero-order chi connectivity index (χ0) is 13.4. The summed E-state index contributed by atoms with van der Waals surface area (Å²) in [5.74, 6) is 0.422. The van der Waals surface area contributed by atoms with E-state index in [1.807, 2.05) is 38.2 Å². The molecule has 0 saturated heterocycles. The second-order valence-electron chi connectivity index (χ2n) is 3.90. The highest BCUT2D eigenvalue weighted by atomic mass is 16.6. The monoisotopic (exact) mass is 251 g/mol. The summed E-state index contributed by atoms with van der Waals surface area (Å²) in [6.45, 7) is 4.77. The molecular weight excluding hydrogens is 230 g/mol. The van der Waals surface area contributed by atoms with Gasteiger partial charge in [0.25, 0.3) is 0 Å². The van der Waals surface area contributed by atoms with Crippen LogP contribution in [0.4, 0.5) is 0 Å². The molecule has 0 heterocycles. The molecule has 1 atom stereocenters. The van der Waals surface area contributed by atoms with Crippen LogP contribution in [0.2, 0.25) is 0 Å². The number of esters is 1. The molecule has 4 heteroatoms. The Morgan fingerprint density at radius 3 is 2.67 bits per heavy atom. The fraction of sp³-hybridized carbons (Fsp3) is 0.500. The van der Waals surface area contributed by atoms with Crippen molar-refractivity contribution in [2.24, 2.45) is 0 Å². The van der Waals surface area contributed by atoms with Gasteiger partial charge in [0, 0.05) is 12.1 Å². The summed E-state index contributed by atoms with van der Waals surface area (Å²) >= 11 is 0. The highest BCUT2D eigenvalue weighted by Gasteiger charge is 2.20. The number of nitrogens with one attached hydrogen (secondary N) is 1. The highest BCUT2D eigenvalue weighted by molar-refractivity contribution is 5.75. The summed E-state index contributed by atoms with van der Waals surface area (Å²) in [4.78, 5) is 11.7. The van der Waals surface area contributed by atoms with Crippen LogP contribution in [0.5, 0.6) is 5.75 Å². The van der Waals surface area contributed by atoms with Crippen LogP contribution < -0.4 is 10.1 Å². The van der Waals surface area contributed by atoms with Gasteiger partial charge in [0.2, 0.25) is 0 Å². The average Bonchev–Trinajstić information content (AvgIpc) is 2.38. The Morgan fingerprint density at radius 2 is 2.06 bits per heavy atom. The summed E-state index contributed by atoms with van der Waals surface area (Å²) in [6.07, 6.45) is 0.0511. The molecule has 0 saturated carbocycles. The first-order valence-corrected chi connectivity index (χ1v) is 6.28. The average molecular weight is 251 g/mol. The van der Waals surface area contributed by atoms with Gasteiger partial charge in [-0.15, -0.1) is 0 Å². The number of carbonyl (C=O) groups excluding carboxylic acids is 1. The molecule has 1 aromatic carbocycles. The predicted molar refractivity (Wildman–Crippen MR) is 70.5 cm³/mol. The van der Waals surface area contributed by atoms with E-state index in [9.17, 15) is 4.79 Å². The van der Waals surface area contributed by atoms with Crippen LogP contribution in [0.1, 0.15) is 25.8 Å². The first-order chi connectivity index (χ1) is 8.72. The van der Waals surface area contributed by atoms with Gasteiger partial charge in [-0.2, -0.15) is 0 Å². The summed E-state index contributed by atoms with van der Waals surface area (Å²) < 4.78 is 10.7. The lowest BCUT2D eigenvalue weighted by Crippen LogP contribution is -2.29. The lowest BCUT2D eigenvalue weighted by Gasteiger charge is -2.18. The van der Waals surface area contributed by atoms with E-state index in [2.05, 4.69) is 5.32 Å². The van der Waals surface area contributed by atoms with Gasteiger partial charge in [0.1, 0.15) is 5.75 Å². The normalized spacial score (nSPS) is 11.9. The number of hydrogen-bond acceptors (Lipinski definition) is 4. The van der Waals surface area contributed by atoms with E-state index in [1.165, 1.54) is 0 Å². The largest absolute Gasteiger partial charge is 0.478 e. The molecule has 0 aromatic heterocycles. The van der Waals surface area contributed by atoms with Crippen LogP contribution in [0.25, 0.3) is 0 Å². The van der Waals surface area contributed by atoms with Crippen molar-refractivity contribution < 1.29 is 14.3 Å². The minimum Gasteiger partial charge on any atom is -0.478 e. The Kier molecular flexibility index (Phi) is 6.22. The van der Waals surface area contributed by atoms with Crippen LogP contribution in [0, 0.1) is 0 Å². The molecule has 1 N–H and O–H groups in total. The van der Waals surface area contributed by atoms with Gasteiger partial charge in [-0.1, -0.05) is 25.1 Å². The van der Waals surface area contributed by atoms with Crippen LogP contribution >= 0.6 is 0 Å². The van der Waals surface area contributed by atoms with Crippen LogP contribution in [0.3, 0.4) is 0 Å². The Bertz CT molecular complexity index is 379. The van der Waals surface area contributed by atoms with E-state index in [0.717, 1.165) is 11.3 Å². The molecule has 0 aliphatic heterocycles. The second kappa shape index (κ2) is 7.71. The zero-order valence-electron chi connectivity index (χ0n) is 11.2. The number of para-hydroxylation sites is 1. The van der Waals surface area contributed by atoms with Crippen molar-refractivity contribution in [3.8, 4) is 5.75 Å². The third-order valence-corrected chi connectivity index (χ3v) is 2.53. The van der Waals surface area contributed by atoms with Crippen molar-refractivity contribution in [2.75, 3.05) is 13.7 Å². The number of rotatable bonds is 7. The van der Waals surface area contributed by atoms with Gasteiger partial charge >= 0.3 is 5.97 Å². The Balaban J connectivity index is 2.77. The third-order valence-electron chi connectivity index (χ3n) is 2.53. The van der Waals surface area contributed by atoms with E-state index in [0.29, 0.717) is 19.6 Å². The minimum atomic E-state index is -0.539. The fourth-order valence-corrected chi connectivity index (χ4v) is 1.64. The molecule has 0 aliphatic rings. The lowest BCUT2D eigenvalue weighted by atomic mass is 10.2. The number of ether oxygens (including phenoxy) is 2. The second-order valence-corrected chi connectivity index (χ2v) is 3.90. The van der Waals surface area contributed by atoms with E-state index < -0.39 is 6.10 Å². The highest BCUT2D eigenvalue weighted by Crippen LogP contribution is 2.20. The predicted octanol–water partition coefficient (Wildman–Crippen LogP) is 2.13. The van der Waals surface area contributed by atoms with Crippen molar-refractivity contribution >= 4 is 5.97 Å². The minimum absolute atomic E-state index is 0.306. The van der Waals surface area contributed by atoms with Crippen LogP contribution in [-0.2, 0) is 16.1 Å². The maximum Gasteiger partial charge on any atom is 0.347 e. The maximum atomic E-state index is 11.7. The zero-order valence-corrected chi connectivity index (χ0v) is 11.2. The molecule has 1 rings (SSSR count). The van der Waals surface area contributed by atoms with Crippen molar-refractivity contribution in [1.29, 1.82) is 0 Å². The van der Waals surface area contributed by atoms with Gasteiger partial charge in [0.05, 0.1) is 6.61 Å². The molecule has 4 nitrogen and oxygen atoms in total. The summed E-state index contributed by atoms with van der Waals surface area (Å²) in [5, 5.41) is 3.07. The van der Waals surface area contributed by atoms with E-state index in [4.69, 9.17) is 9.47 Å². The van der Waals surface area contributed by atoms with Crippen molar-refractivity contribution in [2.45, 2.75) is 32.9 Å². The molecule has 1 unspecified atom stereocenters. The molecule has 0 bridgehead atoms. The third kappa shape index (κ3) is 4.04. The van der Waals surface area contributed by atoms with Crippen molar-refractivity contribution in [3.05, 3.63) is 29.8 Å². The van der Waals surface area contributed by atoms with E-state index >= 15 is 0 Å². The van der Waals surface area contributed by atoms with Gasteiger partial charge in [-0.25, -0.2) is 4.79 Å². The summed E-state index contributed by atoms with van der Waals surface area (Å²) in [6, 6.07) is 7.69. The fourth-order valence-electron chi connectivity index (χ4n) is 1.64. The first kappa shape index (κ1) is 14.5. The van der Waals surface area contributed by atoms with E-state index in [1.54, 1.807) is 6.92 Å². The van der Waals surface area contributed by atoms with Crippen LogP contribution in [-0.4, -0.2) is 25.7 Å². The van der Waals surface area contributed by atoms with Gasteiger partial charge in [-0.3, -0.25) is 0 Å². The Hall–Kier alpha value is -1.55. The van der Waals surface area contributed by atoms with Gasteiger partial charge < -0.3 is 14.8 Å². The lowest BCUT2D eigenvalue weighted by molar-refractivity contribution is -0.151. The van der Waals surface area contributed by atoms with Gasteiger partial charge in [0.15, 0.2) is 6.10 Å². The molecule has 0 amide bonds. The molecule has 18 heavy (non-hydrogen) atoms. The standard InChI is InChI=1S/C14H21NO3/c1-4-12(14(16)17-5-2)18-13-9-7-6-8-11(13)10-15-3/h6-9,12,15H,4-5,10H2,1-3H3. The molecular formula is C14H21NO3. The molecule has 0 radical (unpaired) electrons. The molecule has 1 aromatic rings. The first-order valence-electron chi connectivity index (χ1n) is 6.28. The van der Waals surface area contributed by atoms with Crippen LogP contribution in [0.15, 0.2) is 24.3 Å². The maximum absolute atomic E-state index is 11.7. The summed E-state index contributed by atoms with van der Waals surface area (Å²) in [7, 11) is 1.87. The smallest absolute Gasteiger partial charge is 0.347 e. The topological polar surface area (TPSA) is 47.6 Å². The number of benzene rings is 1. The van der Waals surface area contributed by atoms with E-state index in [-0.39, 0.29) is 5.97 Å². The molecule has 0 spiro atoms. The molecule has 0 fully saturated rings. The number of carbonyl (C=O) groups is 1. The molecule has 0 aliphatic carbocycles. The Labute approximate surface area is 108 Å². The van der Waals surface area contributed by atoms with Crippen molar-refractivity contribution in [3.63, 3.8) is 0 Å². The summed E-state index contributed by atoms with van der Waals surface area (Å²) in [5.41, 5.74) is 1.03. The van der Waals surface area contributed by atoms with Gasteiger partial charge in [-0.05, 0) is 26.5 Å².